The van der Waals surface area contributed by atoms with Crippen LogP contribution in [0, 0.1) is 0 Å². The Hall–Kier alpha value is -3.03. The lowest BCUT2D eigenvalue weighted by Crippen LogP contribution is -2.20. The van der Waals surface area contributed by atoms with Crippen molar-refractivity contribution in [3.63, 3.8) is 0 Å². The lowest BCUT2D eigenvalue weighted by Gasteiger charge is -2.09. The quantitative estimate of drug-likeness (QED) is 0.763. The van der Waals surface area contributed by atoms with Crippen LogP contribution < -0.4 is 10.1 Å². The minimum atomic E-state index is -4.47. The summed E-state index contributed by atoms with van der Waals surface area (Å²) in [5, 5.41) is 3.61. The number of halogens is 3. The summed E-state index contributed by atoms with van der Waals surface area (Å²) in [7, 11) is 0. The molecule has 0 aliphatic rings. The fraction of sp³-hybridized carbons (Fsp3) is 0.125. The van der Waals surface area contributed by atoms with Gasteiger partial charge in [0.2, 0.25) is 5.88 Å². The number of nitrogens with one attached hydrogen (secondary N) is 2. The average Bonchev–Trinajstić information content (AvgIpc) is 3.00. The van der Waals surface area contributed by atoms with Gasteiger partial charge in [0, 0.05) is 40.6 Å². The highest BCUT2D eigenvalue weighted by Gasteiger charge is 2.28. The Kier molecular flexibility index (Phi) is 4.11. The van der Waals surface area contributed by atoms with Crippen molar-refractivity contribution in [2.24, 2.45) is 0 Å². The van der Waals surface area contributed by atoms with Crippen molar-refractivity contribution in [2.45, 2.75) is 6.18 Å². The summed E-state index contributed by atoms with van der Waals surface area (Å²) >= 11 is 0. The van der Waals surface area contributed by atoms with E-state index < -0.39 is 18.7 Å². The lowest BCUT2D eigenvalue weighted by atomic mass is 10.2. The number of anilines is 1. The number of fused-ring (bicyclic) bond motifs is 1. The molecule has 0 saturated carbocycles. The molecular weight excluding hydrogens is 323 g/mol. The van der Waals surface area contributed by atoms with Crippen molar-refractivity contribution >= 4 is 22.5 Å². The van der Waals surface area contributed by atoms with Crippen LogP contribution in [-0.2, 0) is 0 Å². The highest BCUT2D eigenvalue weighted by atomic mass is 19.4. The molecule has 1 amide bonds. The summed E-state index contributed by atoms with van der Waals surface area (Å²) in [5.41, 5.74) is 1.65. The smallest absolute Gasteiger partial charge is 0.422 e. The van der Waals surface area contributed by atoms with E-state index in [-0.39, 0.29) is 11.4 Å². The number of benzene rings is 1. The number of hydrogen-bond donors (Lipinski definition) is 2. The summed E-state index contributed by atoms with van der Waals surface area (Å²) in [5.74, 6) is -0.731. The number of H-pyrrole nitrogens is 1. The molecule has 0 unspecified atom stereocenters. The van der Waals surface area contributed by atoms with Crippen molar-refractivity contribution in [1.82, 2.24) is 9.97 Å². The third kappa shape index (κ3) is 3.83. The first-order chi connectivity index (χ1) is 11.4. The fourth-order valence-electron chi connectivity index (χ4n) is 2.12. The second-order valence-corrected chi connectivity index (χ2v) is 5.02. The van der Waals surface area contributed by atoms with Crippen LogP contribution in [0.1, 0.15) is 10.4 Å². The van der Waals surface area contributed by atoms with Gasteiger partial charge in [-0.1, -0.05) is 0 Å². The van der Waals surface area contributed by atoms with Crippen LogP contribution in [0.25, 0.3) is 10.9 Å². The largest absolute Gasteiger partial charge is 0.468 e. The molecule has 24 heavy (non-hydrogen) atoms. The van der Waals surface area contributed by atoms with Crippen molar-refractivity contribution in [3.8, 4) is 5.88 Å². The zero-order chi connectivity index (χ0) is 17.2. The molecule has 0 aliphatic heterocycles. The molecule has 1 aromatic carbocycles. The van der Waals surface area contributed by atoms with Gasteiger partial charge >= 0.3 is 6.18 Å². The SMILES string of the molecule is O=C(Nc1ccc2[nH]ccc2c1)c1ccnc(OCC(F)(F)F)c1. The minimum Gasteiger partial charge on any atom is -0.468 e. The average molecular weight is 335 g/mol. The van der Waals surface area contributed by atoms with E-state index in [2.05, 4.69) is 20.0 Å². The van der Waals surface area contributed by atoms with Gasteiger partial charge in [0.05, 0.1) is 0 Å². The molecule has 8 heteroatoms. The number of carbonyl (C=O) groups excluding carboxylic acids is 1. The van der Waals surface area contributed by atoms with E-state index in [0.717, 1.165) is 17.0 Å². The topological polar surface area (TPSA) is 67.0 Å². The van der Waals surface area contributed by atoms with Crippen LogP contribution in [0.3, 0.4) is 0 Å². The maximum Gasteiger partial charge on any atom is 0.422 e. The number of carbonyl (C=O) groups is 1. The molecular formula is C16H12F3N3O2. The summed E-state index contributed by atoms with van der Waals surface area (Å²) in [4.78, 5) is 18.9. The number of hydrogen-bond acceptors (Lipinski definition) is 3. The number of aromatic amines is 1. The standard InChI is InChI=1S/C16H12F3N3O2/c17-16(18,19)9-24-14-8-11(4-6-21-14)15(23)22-12-1-2-13-10(7-12)3-5-20-13/h1-8,20H,9H2,(H,22,23). The van der Waals surface area contributed by atoms with Crippen molar-refractivity contribution < 1.29 is 22.7 Å². The fourth-order valence-corrected chi connectivity index (χ4v) is 2.12. The molecule has 0 radical (unpaired) electrons. The maximum absolute atomic E-state index is 12.2. The Morgan fingerprint density at radius 3 is 2.83 bits per heavy atom. The molecule has 0 saturated heterocycles. The third-order valence-corrected chi connectivity index (χ3v) is 3.19. The van der Waals surface area contributed by atoms with Gasteiger partial charge in [-0.2, -0.15) is 13.2 Å². The molecule has 0 fully saturated rings. The third-order valence-electron chi connectivity index (χ3n) is 3.19. The summed E-state index contributed by atoms with van der Waals surface area (Å²) in [6.45, 7) is -1.46. The van der Waals surface area contributed by atoms with Gasteiger partial charge < -0.3 is 15.0 Å². The molecule has 0 spiro atoms. The number of ether oxygens (including phenoxy) is 1. The number of aromatic nitrogens is 2. The normalized spacial score (nSPS) is 11.5. The second-order valence-electron chi connectivity index (χ2n) is 5.02. The predicted octanol–water partition coefficient (Wildman–Crippen LogP) is 3.76. The maximum atomic E-state index is 12.2. The second kappa shape index (κ2) is 6.23. The molecule has 0 bridgehead atoms. The Morgan fingerprint density at radius 1 is 1.21 bits per heavy atom. The predicted molar refractivity (Wildman–Crippen MR) is 82.0 cm³/mol. The van der Waals surface area contributed by atoms with Gasteiger partial charge in [-0.25, -0.2) is 4.98 Å². The van der Waals surface area contributed by atoms with Crippen LogP contribution >= 0.6 is 0 Å². The summed E-state index contributed by atoms with van der Waals surface area (Å²) in [6.07, 6.45) is -1.47. The van der Waals surface area contributed by atoms with E-state index in [1.54, 1.807) is 18.3 Å². The van der Waals surface area contributed by atoms with Gasteiger partial charge in [0.1, 0.15) is 0 Å². The first kappa shape index (κ1) is 15.9. The first-order valence-electron chi connectivity index (χ1n) is 6.95. The summed E-state index contributed by atoms with van der Waals surface area (Å²) < 4.78 is 41.0. The Labute approximate surface area is 134 Å². The molecule has 0 atom stereocenters. The van der Waals surface area contributed by atoms with Crippen LogP contribution in [0.15, 0.2) is 48.8 Å². The van der Waals surface area contributed by atoms with Gasteiger partial charge in [0.15, 0.2) is 6.61 Å². The number of pyridine rings is 1. The van der Waals surface area contributed by atoms with Gasteiger partial charge in [-0.15, -0.1) is 0 Å². The highest BCUT2D eigenvalue weighted by Crippen LogP contribution is 2.20. The lowest BCUT2D eigenvalue weighted by molar-refractivity contribution is -0.154. The highest BCUT2D eigenvalue weighted by molar-refractivity contribution is 6.05. The van der Waals surface area contributed by atoms with E-state index >= 15 is 0 Å². The van der Waals surface area contributed by atoms with E-state index in [1.807, 2.05) is 12.1 Å². The molecule has 2 heterocycles. The molecule has 3 aromatic rings. The Balaban J connectivity index is 1.72. The molecule has 2 aromatic heterocycles. The van der Waals surface area contributed by atoms with E-state index in [9.17, 15) is 18.0 Å². The first-order valence-corrected chi connectivity index (χ1v) is 6.95. The van der Waals surface area contributed by atoms with Crippen LogP contribution in [0.2, 0.25) is 0 Å². The van der Waals surface area contributed by atoms with Crippen molar-refractivity contribution in [3.05, 3.63) is 54.4 Å². The van der Waals surface area contributed by atoms with Gasteiger partial charge in [-0.3, -0.25) is 4.79 Å². The van der Waals surface area contributed by atoms with Crippen molar-refractivity contribution in [1.29, 1.82) is 0 Å². The van der Waals surface area contributed by atoms with Crippen LogP contribution in [0.5, 0.6) is 5.88 Å². The minimum absolute atomic E-state index is 0.149. The monoisotopic (exact) mass is 335 g/mol. The molecule has 2 N–H and O–H groups in total. The number of rotatable bonds is 4. The zero-order valence-electron chi connectivity index (χ0n) is 12.2. The van der Waals surface area contributed by atoms with Crippen LogP contribution in [-0.4, -0.2) is 28.7 Å². The molecule has 124 valence electrons. The van der Waals surface area contributed by atoms with Gasteiger partial charge in [0.25, 0.3) is 5.91 Å². The number of amides is 1. The molecule has 0 aliphatic carbocycles. The Morgan fingerprint density at radius 2 is 2.04 bits per heavy atom. The van der Waals surface area contributed by atoms with Crippen LogP contribution in [0.4, 0.5) is 18.9 Å². The number of alkyl halides is 3. The zero-order valence-corrected chi connectivity index (χ0v) is 12.2. The van der Waals surface area contributed by atoms with E-state index in [0.29, 0.717) is 5.69 Å². The van der Waals surface area contributed by atoms with Crippen molar-refractivity contribution in [2.75, 3.05) is 11.9 Å². The molecule has 3 rings (SSSR count). The summed E-state index contributed by atoms with van der Waals surface area (Å²) in [6, 6.07) is 9.74. The van der Waals surface area contributed by atoms with Gasteiger partial charge in [-0.05, 0) is 30.3 Å². The molecule has 5 nitrogen and oxygen atoms in total. The number of nitrogens with zero attached hydrogens (tertiary/aromatic N) is 1. The van der Waals surface area contributed by atoms with E-state index in [1.165, 1.54) is 12.3 Å². The Bertz CT molecular complexity index is 874. The van der Waals surface area contributed by atoms with E-state index in [4.69, 9.17) is 0 Å².